The van der Waals surface area contributed by atoms with E-state index >= 15 is 0 Å². The summed E-state index contributed by atoms with van der Waals surface area (Å²) in [7, 11) is 0. The lowest BCUT2D eigenvalue weighted by molar-refractivity contribution is -0.121. The second-order valence-electron chi connectivity index (χ2n) is 3.41. The van der Waals surface area contributed by atoms with Crippen molar-refractivity contribution >= 4 is 29.1 Å². The highest BCUT2D eigenvalue weighted by Crippen LogP contribution is 2.22. The van der Waals surface area contributed by atoms with Crippen LogP contribution in [0.15, 0.2) is 0 Å². The Morgan fingerprint density at radius 3 is 2.69 bits per heavy atom. The molecule has 76 valence electrons. The van der Waals surface area contributed by atoms with E-state index in [2.05, 4.69) is 5.32 Å². The molecule has 1 rings (SSSR count). The monoisotopic (exact) mass is 223 g/mol. The minimum Gasteiger partial charge on any atom is -0.352 e. The van der Waals surface area contributed by atoms with Gasteiger partial charge in [-0.1, -0.05) is 12.8 Å². The van der Waals surface area contributed by atoms with Crippen LogP contribution >= 0.6 is 23.2 Å². The smallest absolute Gasteiger partial charge is 0.221 e. The Hall–Kier alpha value is 0.0500. The van der Waals surface area contributed by atoms with Gasteiger partial charge >= 0.3 is 0 Å². The molecule has 4 heteroatoms. The molecule has 1 aliphatic rings. The average molecular weight is 224 g/mol. The first-order chi connectivity index (χ1) is 6.24. The predicted octanol–water partition coefficient (Wildman–Crippen LogP) is 2.28. The van der Waals surface area contributed by atoms with Crippen LogP contribution in [0.3, 0.4) is 0 Å². The highest BCUT2D eigenvalue weighted by Gasteiger charge is 2.23. The van der Waals surface area contributed by atoms with Crippen LogP contribution in [0.2, 0.25) is 0 Å². The van der Waals surface area contributed by atoms with Crippen molar-refractivity contribution in [3.63, 3.8) is 0 Å². The molecule has 2 atom stereocenters. The molecule has 0 heterocycles. The van der Waals surface area contributed by atoms with Crippen LogP contribution < -0.4 is 5.32 Å². The topological polar surface area (TPSA) is 29.1 Å². The van der Waals surface area contributed by atoms with Gasteiger partial charge in [0.15, 0.2) is 0 Å². The number of alkyl halides is 2. The van der Waals surface area contributed by atoms with Crippen molar-refractivity contribution < 1.29 is 4.79 Å². The first-order valence-electron chi connectivity index (χ1n) is 4.73. The summed E-state index contributed by atoms with van der Waals surface area (Å²) in [5.74, 6) is 0.401. The maximum atomic E-state index is 11.2. The van der Waals surface area contributed by atoms with E-state index in [-0.39, 0.29) is 17.3 Å². The fourth-order valence-corrected chi connectivity index (χ4v) is 2.13. The Morgan fingerprint density at radius 2 is 2.08 bits per heavy atom. The minimum atomic E-state index is 0.0209. The molecule has 1 aliphatic carbocycles. The highest BCUT2D eigenvalue weighted by molar-refractivity contribution is 6.21. The van der Waals surface area contributed by atoms with Crippen LogP contribution in [0.5, 0.6) is 0 Å². The van der Waals surface area contributed by atoms with Crippen molar-refractivity contribution in [1.29, 1.82) is 0 Å². The quantitative estimate of drug-likeness (QED) is 0.732. The van der Waals surface area contributed by atoms with E-state index in [4.69, 9.17) is 23.2 Å². The molecular formula is C9H15Cl2NO. The van der Waals surface area contributed by atoms with E-state index in [9.17, 15) is 4.79 Å². The third-order valence-corrected chi connectivity index (χ3v) is 3.06. The van der Waals surface area contributed by atoms with Crippen LogP contribution in [0.4, 0.5) is 0 Å². The minimum absolute atomic E-state index is 0.0209. The van der Waals surface area contributed by atoms with Gasteiger partial charge in [0.1, 0.15) is 0 Å². The molecule has 0 spiro atoms. The number of nitrogens with one attached hydrogen (secondary N) is 1. The van der Waals surface area contributed by atoms with Gasteiger partial charge in [0.25, 0.3) is 0 Å². The van der Waals surface area contributed by atoms with Crippen molar-refractivity contribution in [2.75, 3.05) is 5.88 Å². The van der Waals surface area contributed by atoms with Crippen LogP contribution in [0.1, 0.15) is 32.1 Å². The highest BCUT2D eigenvalue weighted by atomic mass is 35.5. The molecule has 0 saturated heterocycles. The predicted molar refractivity (Wildman–Crippen MR) is 55.4 cm³/mol. The lowest BCUT2D eigenvalue weighted by Gasteiger charge is -2.27. The zero-order chi connectivity index (χ0) is 9.68. The van der Waals surface area contributed by atoms with Crippen molar-refractivity contribution in [3.8, 4) is 0 Å². The molecule has 0 aromatic heterocycles. The van der Waals surface area contributed by atoms with E-state index in [0.717, 1.165) is 19.3 Å². The number of carbonyl (C=O) groups excluding carboxylic acids is 1. The number of carbonyl (C=O) groups is 1. The summed E-state index contributed by atoms with van der Waals surface area (Å²) >= 11 is 11.5. The number of hydrogen-bond acceptors (Lipinski definition) is 1. The van der Waals surface area contributed by atoms with Crippen molar-refractivity contribution in [2.45, 2.75) is 43.5 Å². The fourth-order valence-electron chi connectivity index (χ4n) is 1.61. The van der Waals surface area contributed by atoms with Crippen molar-refractivity contribution in [2.24, 2.45) is 0 Å². The Bertz CT molecular complexity index is 175. The van der Waals surface area contributed by atoms with E-state index in [0.29, 0.717) is 12.3 Å². The van der Waals surface area contributed by atoms with E-state index in [1.165, 1.54) is 6.42 Å². The molecule has 1 amide bonds. The first-order valence-corrected chi connectivity index (χ1v) is 5.70. The third-order valence-electron chi connectivity index (χ3n) is 2.35. The summed E-state index contributed by atoms with van der Waals surface area (Å²) in [6.07, 6.45) is 4.74. The van der Waals surface area contributed by atoms with E-state index < -0.39 is 0 Å². The number of halogens is 2. The Morgan fingerprint density at radius 1 is 1.38 bits per heavy atom. The van der Waals surface area contributed by atoms with Gasteiger partial charge in [-0.05, 0) is 12.8 Å². The maximum absolute atomic E-state index is 11.2. The average Bonchev–Trinajstić information content (AvgIpc) is 2.09. The third kappa shape index (κ3) is 3.74. The second-order valence-corrected chi connectivity index (χ2v) is 4.35. The Kier molecular flexibility index (Phi) is 4.89. The van der Waals surface area contributed by atoms with Crippen LogP contribution in [-0.2, 0) is 4.79 Å². The van der Waals surface area contributed by atoms with Gasteiger partial charge in [-0.25, -0.2) is 0 Å². The SMILES string of the molecule is O=C(CCCl)NC1CCCC[C@@H]1Cl. The van der Waals surface area contributed by atoms with Gasteiger partial charge in [-0.15, -0.1) is 23.2 Å². The van der Waals surface area contributed by atoms with Crippen LogP contribution in [0, 0.1) is 0 Å². The largest absolute Gasteiger partial charge is 0.352 e. The summed E-state index contributed by atoms with van der Waals surface area (Å²) in [6.45, 7) is 0. The molecule has 1 saturated carbocycles. The van der Waals surface area contributed by atoms with E-state index in [1.54, 1.807) is 0 Å². The van der Waals surface area contributed by atoms with Gasteiger partial charge in [0, 0.05) is 18.3 Å². The summed E-state index contributed by atoms with van der Waals surface area (Å²) in [4.78, 5) is 11.2. The van der Waals surface area contributed by atoms with Gasteiger partial charge in [-0.2, -0.15) is 0 Å². The Balaban J connectivity index is 2.29. The number of rotatable bonds is 3. The van der Waals surface area contributed by atoms with Gasteiger partial charge < -0.3 is 5.32 Å². The molecule has 1 N–H and O–H groups in total. The lowest BCUT2D eigenvalue weighted by atomic mass is 9.95. The van der Waals surface area contributed by atoms with Gasteiger partial charge in [0.2, 0.25) is 5.91 Å². The molecule has 0 bridgehead atoms. The molecular weight excluding hydrogens is 209 g/mol. The Labute approximate surface area is 89.0 Å². The van der Waals surface area contributed by atoms with Crippen LogP contribution in [-0.4, -0.2) is 23.2 Å². The molecule has 13 heavy (non-hydrogen) atoms. The number of hydrogen-bond donors (Lipinski definition) is 1. The first kappa shape index (κ1) is 11.1. The van der Waals surface area contributed by atoms with E-state index in [1.807, 2.05) is 0 Å². The molecule has 1 unspecified atom stereocenters. The van der Waals surface area contributed by atoms with Gasteiger partial charge in [0.05, 0.1) is 5.38 Å². The fraction of sp³-hybridized carbons (Fsp3) is 0.889. The van der Waals surface area contributed by atoms with Crippen molar-refractivity contribution in [3.05, 3.63) is 0 Å². The maximum Gasteiger partial charge on any atom is 0.221 e. The molecule has 1 fully saturated rings. The van der Waals surface area contributed by atoms with Crippen molar-refractivity contribution in [1.82, 2.24) is 5.32 Å². The second kappa shape index (κ2) is 5.71. The summed E-state index contributed by atoms with van der Waals surface area (Å²) in [5, 5.41) is 3.02. The normalized spacial score (nSPS) is 28.5. The van der Waals surface area contributed by atoms with Crippen LogP contribution in [0.25, 0.3) is 0 Å². The lowest BCUT2D eigenvalue weighted by Crippen LogP contribution is -2.42. The molecule has 0 aromatic rings. The summed E-state index contributed by atoms with van der Waals surface area (Å²) < 4.78 is 0. The standard InChI is InChI=1S/C9H15Cl2NO/c10-6-5-9(13)12-8-4-2-1-3-7(8)11/h7-8H,1-6H2,(H,12,13)/t7-,8?/m0/s1. The zero-order valence-electron chi connectivity index (χ0n) is 7.56. The molecule has 2 nitrogen and oxygen atoms in total. The van der Waals surface area contributed by atoms with Gasteiger partial charge in [-0.3, -0.25) is 4.79 Å². The molecule has 0 radical (unpaired) electrons. The summed E-state index contributed by atoms with van der Waals surface area (Å²) in [6, 6.07) is 0.158. The summed E-state index contributed by atoms with van der Waals surface area (Å²) in [5.41, 5.74) is 0. The number of amides is 1. The zero-order valence-corrected chi connectivity index (χ0v) is 9.07. The molecule has 0 aromatic carbocycles. The molecule has 0 aliphatic heterocycles.